The topological polar surface area (TPSA) is 103 Å². The summed E-state index contributed by atoms with van der Waals surface area (Å²) in [5.41, 5.74) is 0.384. The van der Waals surface area contributed by atoms with Crippen molar-refractivity contribution in [3.8, 4) is 17.2 Å². The van der Waals surface area contributed by atoms with Crippen molar-refractivity contribution in [2.24, 2.45) is 0 Å². The zero-order valence-electron chi connectivity index (χ0n) is 16.4. The molecule has 0 fully saturated rings. The van der Waals surface area contributed by atoms with Crippen molar-refractivity contribution >= 4 is 21.6 Å². The first-order valence-electron chi connectivity index (χ1n) is 8.46. The van der Waals surface area contributed by atoms with Crippen LogP contribution in [0.25, 0.3) is 0 Å². The summed E-state index contributed by atoms with van der Waals surface area (Å²) in [5.74, 6) is 0.423. The molecule has 0 aliphatic carbocycles. The largest absolute Gasteiger partial charge is 0.496 e. The maximum absolute atomic E-state index is 12.9. The fourth-order valence-corrected chi connectivity index (χ4v) is 3.87. The van der Waals surface area contributed by atoms with Crippen LogP contribution in [0.2, 0.25) is 0 Å². The third kappa shape index (κ3) is 4.73. The third-order valence-corrected chi connectivity index (χ3v) is 5.43. The van der Waals surface area contributed by atoms with Crippen molar-refractivity contribution in [2.45, 2.75) is 24.8 Å². The quantitative estimate of drug-likeness (QED) is 0.696. The van der Waals surface area contributed by atoms with Gasteiger partial charge in [0.05, 0.1) is 31.9 Å². The van der Waals surface area contributed by atoms with Crippen molar-refractivity contribution in [3.05, 3.63) is 42.0 Å². The highest BCUT2D eigenvalue weighted by Crippen LogP contribution is 2.32. The first kappa shape index (κ1) is 21.5. The maximum Gasteiger partial charge on any atom is 0.263 e. The average Bonchev–Trinajstić information content (AvgIpc) is 2.66. The van der Waals surface area contributed by atoms with Crippen molar-refractivity contribution < 1.29 is 27.4 Å². The van der Waals surface area contributed by atoms with E-state index in [0.717, 1.165) is 0 Å². The Balaban J connectivity index is 2.46. The molecule has 2 aromatic rings. The minimum atomic E-state index is -3.74. The Hall–Kier alpha value is -2.78. The number of rotatable bonds is 8. The normalized spacial score (nSPS) is 11.2. The van der Waals surface area contributed by atoms with Crippen LogP contribution in [0.3, 0.4) is 0 Å². The lowest BCUT2D eigenvalue weighted by molar-refractivity contribution is 0.102. The van der Waals surface area contributed by atoms with Crippen LogP contribution >= 0.6 is 0 Å². The first-order chi connectivity index (χ1) is 13.2. The first-order valence-corrected chi connectivity index (χ1v) is 9.94. The van der Waals surface area contributed by atoms with Crippen LogP contribution in [0.15, 0.2) is 41.3 Å². The van der Waals surface area contributed by atoms with E-state index < -0.39 is 15.9 Å². The summed E-state index contributed by atoms with van der Waals surface area (Å²) in [6.45, 7) is 3.44. The number of anilines is 1. The molecule has 0 aromatic heterocycles. The van der Waals surface area contributed by atoms with Gasteiger partial charge in [0, 0.05) is 6.04 Å². The number of ether oxygens (including phenoxy) is 3. The molecule has 0 atom stereocenters. The number of benzene rings is 2. The van der Waals surface area contributed by atoms with Gasteiger partial charge in [-0.3, -0.25) is 4.79 Å². The van der Waals surface area contributed by atoms with Crippen LogP contribution in [0.4, 0.5) is 5.69 Å². The summed E-state index contributed by atoms with van der Waals surface area (Å²) in [6.07, 6.45) is 0. The molecule has 0 aliphatic heterocycles. The number of carbonyl (C=O) groups excluding carboxylic acids is 1. The number of sulfonamides is 1. The summed E-state index contributed by atoms with van der Waals surface area (Å²) >= 11 is 0. The van der Waals surface area contributed by atoms with Crippen molar-refractivity contribution in [1.82, 2.24) is 4.72 Å². The van der Waals surface area contributed by atoms with Gasteiger partial charge in [0.1, 0.15) is 22.8 Å². The van der Waals surface area contributed by atoms with E-state index in [1.807, 2.05) is 0 Å². The van der Waals surface area contributed by atoms with Crippen LogP contribution in [0, 0.1) is 0 Å². The van der Waals surface area contributed by atoms with Crippen molar-refractivity contribution in [1.29, 1.82) is 0 Å². The molecule has 0 heterocycles. The van der Waals surface area contributed by atoms with E-state index in [-0.39, 0.29) is 22.2 Å². The molecule has 0 saturated carbocycles. The second-order valence-corrected chi connectivity index (χ2v) is 7.84. The number of methoxy groups -OCH3 is 3. The predicted molar refractivity (Wildman–Crippen MR) is 106 cm³/mol. The van der Waals surface area contributed by atoms with Gasteiger partial charge < -0.3 is 19.5 Å². The molecule has 2 aromatic carbocycles. The van der Waals surface area contributed by atoms with Gasteiger partial charge in [0.25, 0.3) is 5.91 Å². The molecule has 8 nitrogen and oxygen atoms in total. The Morgan fingerprint density at radius 1 is 0.929 bits per heavy atom. The van der Waals surface area contributed by atoms with Gasteiger partial charge in [0.15, 0.2) is 0 Å². The SMILES string of the molecule is COc1ccc(S(=O)(=O)NC(C)C)cc1NC(=O)c1c(OC)cccc1OC. The van der Waals surface area contributed by atoms with E-state index in [1.165, 1.54) is 39.5 Å². The van der Waals surface area contributed by atoms with E-state index in [1.54, 1.807) is 32.0 Å². The zero-order valence-corrected chi connectivity index (χ0v) is 17.2. The zero-order chi connectivity index (χ0) is 20.9. The number of carbonyl (C=O) groups is 1. The standard InChI is InChI=1S/C19H24N2O6S/c1-12(2)21-28(23,24)13-9-10-15(25-3)14(11-13)20-19(22)18-16(26-4)7-6-8-17(18)27-5/h6-12,21H,1-5H3,(H,20,22). The van der Waals surface area contributed by atoms with Gasteiger partial charge in [-0.25, -0.2) is 13.1 Å². The highest BCUT2D eigenvalue weighted by molar-refractivity contribution is 7.89. The lowest BCUT2D eigenvalue weighted by Crippen LogP contribution is -2.30. The van der Waals surface area contributed by atoms with Crippen LogP contribution in [0.5, 0.6) is 17.2 Å². The number of hydrogen-bond acceptors (Lipinski definition) is 6. The molecule has 0 aliphatic rings. The molecule has 0 spiro atoms. The van der Waals surface area contributed by atoms with Crippen LogP contribution in [0.1, 0.15) is 24.2 Å². The molecule has 2 N–H and O–H groups in total. The second-order valence-electron chi connectivity index (χ2n) is 6.13. The maximum atomic E-state index is 12.9. The van der Waals surface area contributed by atoms with Crippen LogP contribution in [-0.4, -0.2) is 41.7 Å². The van der Waals surface area contributed by atoms with Crippen molar-refractivity contribution in [3.63, 3.8) is 0 Å². The molecule has 9 heteroatoms. The second kappa shape index (κ2) is 8.94. The van der Waals surface area contributed by atoms with E-state index in [2.05, 4.69) is 10.0 Å². The van der Waals surface area contributed by atoms with Gasteiger partial charge in [-0.05, 0) is 44.2 Å². The summed E-state index contributed by atoms with van der Waals surface area (Å²) in [5, 5.41) is 2.68. The van der Waals surface area contributed by atoms with Crippen LogP contribution in [-0.2, 0) is 10.0 Å². The molecular formula is C19H24N2O6S. The number of amides is 1. The highest BCUT2D eigenvalue weighted by Gasteiger charge is 2.22. The Kier molecular flexibility index (Phi) is 6.87. The van der Waals surface area contributed by atoms with E-state index in [9.17, 15) is 13.2 Å². The fraction of sp³-hybridized carbons (Fsp3) is 0.316. The monoisotopic (exact) mass is 408 g/mol. The Morgan fingerprint density at radius 2 is 1.50 bits per heavy atom. The lowest BCUT2D eigenvalue weighted by atomic mass is 10.1. The molecule has 0 bridgehead atoms. The average molecular weight is 408 g/mol. The van der Waals surface area contributed by atoms with E-state index in [4.69, 9.17) is 14.2 Å². The molecular weight excluding hydrogens is 384 g/mol. The summed E-state index contributed by atoms with van der Waals surface area (Å²) in [7, 11) is 0.569. The molecule has 0 radical (unpaired) electrons. The summed E-state index contributed by atoms with van der Waals surface area (Å²) in [6, 6.07) is 8.89. The molecule has 0 saturated heterocycles. The minimum absolute atomic E-state index is 0.00397. The van der Waals surface area contributed by atoms with E-state index >= 15 is 0 Å². The molecule has 0 unspecified atom stereocenters. The van der Waals surface area contributed by atoms with Gasteiger partial charge in [-0.15, -0.1) is 0 Å². The Morgan fingerprint density at radius 3 is 2.00 bits per heavy atom. The van der Waals surface area contributed by atoms with Gasteiger partial charge in [-0.2, -0.15) is 0 Å². The third-order valence-electron chi connectivity index (χ3n) is 3.78. The predicted octanol–water partition coefficient (Wildman–Crippen LogP) is 2.65. The Labute approximate surface area is 164 Å². The Bertz CT molecular complexity index is 935. The molecule has 152 valence electrons. The van der Waals surface area contributed by atoms with E-state index in [0.29, 0.717) is 17.2 Å². The number of nitrogens with one attached hydrogen (secondary N) is 2. The number of hydrogen-bond donors (Lipinski definition) is 2. The fourth-order valence-electron chi connectivity index (χ4n) is 2.59. The van der Waals surface area contributed by atoms with Crippen molar-refractivity contribution in [2.75, 3.05) is 26.6 Å². The van der Waals surface area contributed by atoms with Gasteiger partial charge in [0.2, 0.25) is 10.0 Å². The molecule has 28 heavy (non-hydrogen) atoms. The smallest absolute Gasteiger partial charge is 0.263 e. The summed E-state index contributed by atoms with van der Waals surface area (Å²) < 4.78 is 43.1. The highest BCUT2D eigenvalue weighted by atomic mass is 32.2. The molecule has 2 rings (SSSR count). The summed E-state index contributed by atoms with van der Waals surface area (Å²) in [4.78, 5) is 12.9. The van der Waals surface area contributed by atoms with Gasteiger partial charge in [-0.1, -0.05) is 6.07 Å². The van der Waals surface area contributed by atoms with Crippen LogP contribution < -0.4 is 24.2 Å². The van der Waals surface area contributed by atoms with Gasteiger partial charge >= 0.3 is 0 Å². The molecule has 1 amide bonds. The lowest BCUT2D eigenvalue weighted by Gasteiger charge is -2.16. The minimum Gasteiger partial charge on any atom is -0.496 e.